The Bertz CT molecular complexity index is 379. The van der Waals surface area contributed by atoms with Crippen LogP contribution in [-0.2, 0) is 9.53 Å². The molecule has 1 rings (SSSR count). The Morgan fingerprint density at radius 1 is 1.33 bits per heavy atom. The van der Waals surface area contributed by atoms with E-state index in [1.54, 1.807) is 26.1 Å². The van der Waals surface area contributed by atoms with Crippen LogP contribution in [0.2, 0.25) is 0 Å². The first-order valence-corrected chi connectivity index (χ1v) is 9.03. The number of rotatable bonds is 9. The number of amides is 1. The number of hydrogen-bond donors (Lipinski definition) is 2. The van der Waals surface area contributed by atoms with E-state index < -0.39 is 0 Å². The number of carbonyl (C=O) groups excluding carboxylic acids is 1. The quantitative estimate of drug-likeness (QED) is 0.364. The molecule has 0 atom stereocenters. The lowest BCUT2D eigenvalue weighted by Gasteiger charge is -2.33. The molecule has 2 N–H and O–H groups in total. The van der Waals surface area contributed by atoms with Crippen molar-refractivity contribution in [3.05, 3.63) is 0 Å². The van der Waals surface area contributed by atoms with Gasteiger partial charge in [-0.2, -0.15) is 0 Å². The first kappa shape index (κ1) is 20.7. The normalized spacial score (nSPS) is 16.9. The maximum absolute atomic E-state index is 11.7. The molecule has 0 spiro atoms. The standard InChI is InChI=1S/C17H35N5O2/c1-5-6-10-22-11-7-15(8-12-22)20-17(18-9-13-24-4)19-14-16(23)21(2)3/h15H,5-14H2,1-4H3,(H2,18,19,20). The van der Waals surface area contributed by atoms with E-state index in [0.717, 1.165) is 25.9 Å². The molecule has 0 radical (unpaired) electrons. The van der Waals surface area contributed by atoms with Crippen LogP contribution >= 0.6 is 0 Å². The Morgan fingerprint density at radius 3 is 2.62 bits per heavy atom. The third-order valence-corrected chi connectivity index (χ3v) is 4.23. The minimum absolute atomic E-state index is 0.00257. The number of piperidine rings is 1. The number of hydrogen-bond acceptors (Lipinski definition) is 4. The van der Waals surface area contributed by atoms with Crippen molar-refractivity contribution < 1.29 is 9.53 Å². The smallest absolute Gasteiger partial charge is 0.243 e. The fourth-order valence-corrected chi connectivity index (χ4v) is 2.59. The first-order chi connectivity index (χ1) is 11.6. The zero-order chi connectivity index (χ0) is 17.8. The summed E-state index contributed by atoms with van der Waals surface area (Å²) in [6.45, 7) is 7.13. The van der Waals surface area contributed by atoms with Gasteiger partial charge in [-0.25, -0.2) is 4.99 Å². The van der Waals surface area contributed by atoms with Gasteiger partial charge >= 0.3 is 0 Å². The van der Waals surface area contributed by atoms with Crippen molar-refractivity contribution in [1.29, 1.82) is 0 Å². The SMILES string of the molecule is CCCCN1CCC(NC(=NCC(=O)N(C)C)NCCOC)CC1. The Hall–Kier alpha value is -1.34. The van der Waals surface area contributed by atoms with Crippen molar-refractivity contribution in [3.8, 4) is 0 Å². The Morgan fingerprint density at radius 2 is 2.04 bits per heavy atom. The third-order valence-electron chi connectivity index (χ3n) is 4.23. The maximum Gasteiger partial charge on any atom is 0.243 e. The topological polar surface area (TPSA) is 69.2 Å². The van der Waals surface area contributed by atoms with E-state index >= 15 is 0 Å². The summed E-state index contributed by atoms with van der Waals surface area (Å²) in [6, 6.07) is 0.408. The Kier molecular flexibility index (Phi) is 10.4. The van der Waals surface area contributed by atoms with Crippen molar-refractivity contribution in [2.45, 2.75) is 38.6 Å². The molecule has 0 aromatic carbocycles. The highest BCUT2D eigenvalue weighted by molar-refractivity contribution is 5.84. The molecule has 1 fully saturated rings. The van der Waals surface area contributed by atoms with Crippen LogP contribution in [-0.4, -0.2) is 88.2 Å². The number of carbonyl (C=O) groups is 1. The van der Waals surface area contributed by atoms with Gasteiger partial charge in [0.2, 0.25) is 5.91 Å². The highest BCUT2D eigenvalue weighted by Gasteiger charge is 2.19. The van der Waals surface area contributed by atoms with Crippen LogP contribution in [0, 0.1) is 0 Å². The number of methoxy groups -OCH3 is 1. The summed E-state index contributed by atoms with van der Waals surface area (Å²) in [5.41, 5.74) is 0. The number of unbranched alkanes of at least 4 members (excludes halogenated alkanes) is 1. The van der Waals surface area contributed by atoms with Gasteiger partial charge in [0, 0.05) is 46.9 Å². The van der Waals surface area contributed by atoms with Gasteiger partial charge in [-0.1, -0.05) is 13.3 Å². The van der Waals surface area contributed by atoms with Gasteiger partial charge in [-0.3, -0.25) is 4.79 Å². The molecule has 1 aliphatic rings. The van der Waals surface area contributed by atoms with E-state index in [4.69, 9.17) is 4.74 Å². The molecule has 1 heterocycles. The third kappa shape index (κ3) is 8.49. The van der Waals surface area contributed by atoms with E-state index in [2.05, 4.69) is 27.4 Å². The van der Waals surface area contributed by atoms with Crippen molar-refractivity contribution in [2.75, 3.05) is 60.5 Å². The van der Waals surface area contributed by atoms with Crippen LogP contribution in [0.4, 0.5) is 0 Å². The highest BCUT2D eigenvalue weighted by Crippen LogP contribution is 2.11. The van der Waals surface area contributed by atoms with Gasteiger partial charge in [0.1, 0.15) is 6.54 Å². The van der Waals surface area contributed by atoms with E-state index in [1.165, 1.54) is 19.4 Å². The van der Waals surface area contributed by atoms with Gasteiger partial charge < -0.3 is 25.2 Å². The molecule has 7 nitrogen and oxygen atoms in total. The van der Waals surface area contributed by atoms with E-state index in [0.29, 0.717) is 25.2 Å². The molecule has 0 aromatic heterocycles. The summed E-state index contributed by atoms with van der Waals surface area (Å²) >= 11 is 0. The van der Waals surface area contributed by atoms with Crippen molar-refractivity contribution in [1.82, 2.24) is 20.4 Å². The number of nitrogens with one attached hydrogen (secondary N) is 2. The fourth-order valence-electron chi connectivity index (χ4n) is 2.59. The fraction of sp³-hybridized carbons (Fsp3) is 0.882. The Labute approximate surface area is 146 Å². The van der Waals surface area contributed by atoms with Gasteiger partial charge in [-0.15, -0.1) is 0 Å². The molecule has 0 unspecified atom stereocenters. The Balaban J connectivity index is 2.46. The molecular weight excluding hydrogens is 306 g/mol. The maximum atomic E-state index is 11.7. The average Bonchev–Trinajstić information content (AvgIpc) is 2.58. The highest BCUT2D eigenvalue weighted by atomic mass is 16.5. The second-order valence-corrected chi connectivity index (χ2v) is 6.49. The lowest BCUT2D eigenvalue weighted by atomic mass is 10.0. The van der Waals surface area contributed by atoms with Crippen LogP contribution < -0.4 is 10.6 Å². The minimum atomic E-state index is -0.00257. The second-order valence-electron chi connectivity index (χ2n) is 6.49. The average molecular weight is 342 g/mol. The van der Waals surface area contributed by atoms with Crippen LogP contribution in [0.5, 0.6) is 0 Å². The number of likely N-dealkylation sites (N-methyl/N-ethyl adjacent to an activating group) is 1. The molecular formula is C17H35N5O2. The summed E-state index contributed by atoms with van der Waals surface area (Å²) in [6.07, 6.45) is 4.74. The minimum Gasteiger partial charge on any atom is -0.383 e. The summed E-state index contributed by atoms with van der Waals surface area (Å²) in [4.78, 5) is 20.3. The lowest BCUT2D eigenvalue weighted by Crippen LogP contribution is -2.49. The van der Waals surface area contributed by atoms with Gasteiger partial charge in [-0.05, 0) is 25.8 Å². The zero-order valence-electron chi connectivity index (χ0n) is 15.8. The van der Waals surface area contributed by atoms with Crippen LogP contribution in [0.25, 0.3) is 0 Å². The van der Waals surface area contributed by atoms with Gasteiger partial charge in [0.25, 0.3) is 0 Å². The van der Waals surface area contributed by atoms with Crippen LogP contribution in [0.3, 0.4) is 0 Å². The lowest BCUT2D eigenvalue weighted by molar-refractivity contribution is -0.127. The molecule has 1 aliphatic heterocycles. The summed E-state index contributed by atoms with van der Waals surface area (Å²) in [5.74, 6) is 0.700. The monoisotopic (exact) mass is 341 g/mol. The van der Waals surface area contributed by atoms with Crippen LogP contribution in [0.15, 0.2) is 4.99 Å². The predicted octanol–water partition coefficient (Wildman–Crippen LogP) is 0.521. The zero-order valence-corrected chi connectivity index (χ0v) is 15.8. The largest absolute Gasteiger partial charge is 0.383 e. The summed E-state index contributed by atoms with van der Waals surface area (Å²) in [7, 11) is 5.16. The molecule has 0 aliphatic carbocycles. The van der Waals surface area contributed by atoms with Gasteiger partial charge in [0.05, 0.1) is 6.61 Å². The number of ether oxygens (including phenoxy) is 1. The molecule has 140 valence electrons. The summed E-state index contributed by atoms with van der Waals surface area (Å²) < 4.78 is 5.07. The predicted molar refractivity (Wildman–Crippen MR) is 98.4 cm³/mol. The molecule has 0 aromatic rings. The molecule has 0 bridgehead atoms. The van der Waals surface area contributed by atoms with Crippen molar-refractivity contribution >= 4 is 11.9 Å². The molecule has 7 heteroatoms. The van der Waals surface area contributed by atoms with E-state index in [9.17, 15) is 4.79 Å². The number of aliphatic imine (C=N–C) groups is 1. The number of guanidine groups is 1. The van der Waals surface area contributed by atoms with E-state index in [-0.39, 0.29) is 12.5 Å². The molecule has 1 amide bonds. The van der Waals surface area contributed by atoms with Crippen LogP contribution in [0.1, 0.15) is 32.6 Å². The van der Waals surface area contributed by atoms with E-state index in [1.807, 2.05) is 0 Å². The van der Waals surface area contributed by atoms with Crippen molar-refractivity contribution in [2.24, 2.45) is 4.99 Å². The first-order valence-electron chi connectivity index (χ1n) is 9.03. The van der Waals surface area contributed by atoms with Gasteiger partial charge in [0.15, 0.2) is 5.96 Å². The number of likely N-dealkylation sites (tertiary alicyclic amines) is 1. The molecule has 24 heavy (non-hydrogen) atoms. The van der Waals surface area contributed by atoms with Crippen molar-refractivity contribution in [3.63, 3.8) is 0 Å². The second kappa shape index (κ2) is 12.1. The summed E-state index contributed by atoms with van der Waals surface area (Å²) in [5, 5.41) is 6.71. The number of nitrogens with zero attached hydrogens (tertiary/aromatic N) is 3. The molecule has 1 saturated heterocycles. The molecule has 0 saturated carbocycles.